The fourth-order valence-corrected chi connectivity index (χ4v) is 4.33. The Balaban J connectivity index is 1.47. The fourth-order valence-electron chi connectivity index (χ4n) is 4.33. The standard InChI is InChI=1S/C23H26N4O3/c1-14-11-27(12-15(2)24-14)17-5-4-16-8-19(23(28)30-21(16)9-17)20-13-26-7-6-18(29-3)10-22(26)25-20/h4-10,13-15,23-24,28H,11-12H2,1-3H3. The third-order valence-electron chi connectivity index (χ3n) is 5.70. The number of fused-ring (bicyclic) bond motifs is 2. The SMILES string of the molecule is COc1ccn2cc(C3=Cc4ccc(N5CC(C)NC(C)C5)cc4OC3O)nc2c1. The summed E-state index contributed by atoms with van der Waals surface area (Å²) in [7, 11) is 1.63. The molecule has 7 heteroatoms. The molecular formula is C23H26N4O3. The molecule has 0 spiro atoms. The van der Waals surface area contributed by atoms with Crippen LogP contribution in [0.2, 0.25) is 0 Å². The Labute approximate surface area is 175 Å². The van der Waals surface area contributed by atoms with Crippen LogP contribution in [0.15, 0.2) is 42.7 Å². The van der Waals surface area contributed by atoms with Crippen LogP contribution in [-0.4, -0.2) is 53.1 Å². The van der Waals surface area contributed by atoms with Crippen LogP contribution in [-0.2, 0) is 0 Å². The second-order valence-electron chi connectivity index (χ2n) is 8.12. The third-order valence-corrected chi connectivity index (χ3v) is 5.70. The highest BCUT2D eigenvalue weighted by Gasteiger charge is 2.26. The number of imidazole rings is 1. The molecule has 0 saturated carbocycles. The second kappa shape index (κ2) is 7.34. The van der Waals surface area contributed by atoms with Gasteiger partial charge in [0, 0.05) is 66.5 Å². The van der Waals surface area contributed by atoms with Gasteiger partial charge in [-0.3, -0.25) is 0 Å². The highest BCUT2D eigenvalue weighted by molar-refractivity contribution is 5.86. The van der Waals surface area contributed by atoms with Crippen LogP contribution in [0.1, 0.15) is 25.1 Å². The normalized spacial score (nSPS) is 23.7. The van der Waals surface area contributed by atoms with Crippen molar-refractivity contribution in [3.63, 3.8) is 0 Å². The maximum Gasteiger partial charge on any atom is 0.226 e. The van der Waals surface area contributed by atoms with E-state index >= 15 is 0 Å². The number of nitrogens with one attached hydrogen (secondary N) is 1. The van der Waals surface area contributed by atoms with Gasteiger partial charge in [-0.15, -0.1) is 0 Å². The van der Waals surface area contributed by atoms with Crippen molar-refractivity contribution in [3.8, 4) is 11.5 Å². The molecule has 1 fully saturated rings. The van der Waals surface area contributed by atoms with Crippen molar-refractivity contribution < 1.29 is 14.6 Å². The number of rotatable bonds is 3. The summed E-state index contributed by atoms with van der Waals surface area (Å²) in [5.74, 6) is 1.43. The molecule has 1 saturated heterocycles. The molecule has 4 heterocycles. The minimum absolute atomic E-state index is 0.427. The average molecular weight is 406 g/mol. The molecule has 2 aromatic heterocycles. The van der Waals surface area contributed by atoms with Gasteiger partial charge in [0.05, 0.1) is 12.8 Å². The molecule has 156 valence electrons. The molecule has 0 bridgehead atoms. The van der Waals surface area contributed by atoms with Crippen LogP contribution >= 0.6 is 0 Å². The van der Waals surface area contributed by atoms with E-state index in [1.807, 2.05) is 47.1 Å². The lowest BCUT2D eigenvalue weighted by atomic mass is 10.0. The van der Waals surface area contributed by atoms with Crippen molar-refractivity contribution in [2.45, 2.75) is 32.2 Å². The summed E-state index contributed by atoms with van der Waals surface area (Å²) in [6.45, 7) is 6.27. The fraction of sp³-hybridized carbons (Fsp3) is 0.348. The number of ether oxygens (including phenoxy) is 2. The van der Waals surface area contributed by atoms with Gasteiger partial charge >= 0.3 is 0 Å². The first kappa shape index (κ1) is 19.0. The van der Waals surface area contributed by atoms with Crippen LogP contribution < -0.4 is 19.7 Å². The van der Waals surface area contributed by atoms with Gasteiger partial charge < -0.3 is 29.2 Å². The summed E-state index contributed by atoms with van der Waals surface area (Å²) in [6, 6.07) is 10.8. The number of pyridine rings is 1. The van der Waals surface area contributed by atoms with E-state index in [0.717, 1.165) is 35.7 Å². The number of benzene rings is 1. The quantitative estimate of drug-likeness (QED) is 0.697. The monoisotopic (exact) mass is 406 g/mol. The molecule has 30 heavy (non-hydrogen) atoms. The highest BCUT2D eigenvalue weighted by atomic mass is 16.6. The topological polar surface area (TPSA) is 71.3 Å². The number of aliphatic hydroxyl groups is 1. The Morgan fingerprint density at radius 1 is 1.17 bits per heavy atom. The number of nitrogens with zero attached hydrogens (tertiary/aromatic N) is 3. The average Bonchev–Trinajstić information content (AvgIpc) is 3.15. The molecular weight excluding hydrogens is 380 g/mol. The minimum Gasteiger partial charge on any atom is -0.497 e. The number of methoxy groups -OCH3 is 1. The van der Waals surface area contributed by atoms with Crippen LogP contribution in [0.4, 0.5) is 5.69 Å². The molecule has 0 aliphatic carbocycles. The van der Waals surface area contributed by atoms with Crippen molar-refractivity contribution in [3.05, 3.63) is 54.0 Å². The van der Waals surface area contributed by atoms with E-state index in [1.54, 1.807) is 7.11 Å². The first-order valence-electron chi connectivity index (χ1n) is 10.2. The number of hydrogen-bond donors (Lipinski definition) is 2. The Bertz CT molecular complexity index is 1110. The number of piperazine rings is 1. The molecule has 3 atom stereocenters. The van der Waals surface area contributed by atoms with Crippen LogP contribution in [0.3, 0.4) is 0 Å². The number of hydrogen-bond acceptors (Lipinski definition) is 6. The molecule has 2 aliphatic heterocycles. The molecule has 5 rings (SSSR count). The van der Waals surface area contributed by atoms with E-state index in [4.69, 9.17) is 9.47 Å². The van der Waals surface area contributed by atoms with Crippen molar-refractivity contribution in [1.29, 1.82) is 0 Å². The summed E-state index contributed by atoms with van der Waals surface area (Å²) in [5, 5.41) is 14.2. The van der Waals surface area contributed by atoms with Gasteiger partial charge in [-0.1, -0.05) is 0 Å². The van der Waals surface area contributed by atoms with E-state index in [0.29, 0.717) is 29.1 Å². The number of aliphatic hydroxyl groups excluding tert-OH is 1. The summed E-state index contributed by atoms with van der Waals surface area (Å²) in [5.41, 5.74) is 4.11. The zero-order valence-electron chi connectivity index (χ0n) is 17.4. The summed E-state index contributed by atoms with van der Waals surface area (Å²) >= 11 is 0. The van der Waals surface area contributed by atoms with E-state index in [-0.39, 0.29) is 0 Å². The zero-order chi connectivity index (χ0) is 20.8. The van der Waals surface area contributed by atoms with Gasteiger partial charge in [-0.2, -0.15) is 0 Å². The van der Waals surface area contributed by atoms with Crippen molar-refractivity contribution >= 4 is 23.0 Å². The molecule has 7 nitrogen and oxygen atoms in total. The lowest BCUT2D eigenvalue weighted by Gasteiger charge is -2.38. The van der Waals surface area contributed by atoms with E-state index < -0.39 is 6.29 Å². The Kier molecular flexibility index (Phi) is 4.64. The van der Waals surface area contributed by atoms with Gasteiger partial charge in [0.1, 0.15) is 17.1 Å². The lowest BCUT2D eigenvalue weighted by molar-refractivity contribution is 0.0318. The summed E-state index contributed by atoms with van der Waals surface area (Å²) < 4.78 is 13.1. The third kappa shape index (κ3) is 3.40. The van der Waals surface area contributed by atoms with Gasteiger partial charge in [-0.05, 0) is 38.1 Å². The second-order valence-corrected chi connectivity index (χ2v) is 8.12. The number of aromatic nitrogens is 2. The van der Waals surface area contributed by atoms with Crippen molar-refractivity contribution in [2.24, 2.45) is 0 Å². The molecule has 3 unspecified atom stereocenters. The Morgan fingerprint density at radius 3 is 2.73 bits per heavy atom. The van der Waals surface area contributed by atoms with Crippen LogP contribution in [0, 0.1) is 0 Å². The summed E-state index contributed by atoms with van der Waals surface area (Å²) in [4.78, 5) is 6.99. The predicted molar refractivity (Wildman–Crippen MR) is 117 cm³/mol. The maximum atomic E-state index is 10.7. The lowest BCUT2D eigenvalue weighted by Crippen LogP contribution is -2.54. The predicted octanol–water partition coefficient (Wildman–Crippen LogP) is 2.78. The largest absolute Gasteiger partial charge is 0.497 e. The van der Waals surface area contributed by atoms with Gasteiger partial charge in [-0.25, -0.2) is 4.98 Å². The minimum atomic E-state index is -1.07. The summed E-state index contributed by atoms with van der Waals surface area (Å²) in [6.07, 6.45) is 4.66. The maximum absolute atomic E-state index is 10.7. The van der Waals surface area contributed by atoms with Crippen molar-refractivity contribution in [1.82, 2.24) is 14.7 Å². The first-order valence-corrected chi connectivity index (χ1v) is 10.2. The van der Waals surface area contributed by atoms with Crippen LogP contribution in [0.5, 0.6) is 11.5 Å². The van der Waals surface area contributed by atoms with Gasteiger partial charge in [0.15, 0.2) is 0 Å². The zero-order valence-corrected chi connectivity index (χ0v) is 17.4. The smallest absolute Gasteiger partial charge is 0.226 e. The van der Waals surface area contributed by atoms with Gasteiger partial charge in [0.2, 0.25) is 6.29 Å². The van der Waals surface area contributed by atoms with Crippen molar-refractivity contribution in [2.75, 3.05) is 25.1 Å². The Hall–Kier alpha value is -3.03. The van der Waals surface area contributed by atoms with E-state index in [2.05, 4.69) is 35.1 Å². The molecule has 2 aliphatic rings. The molecule has 1 aromatic carbocycles. The molecule has 3 aromatic rings. The highest BCUT2D eigenvalue weighted by Crippen LogP contribution is 2.36. The van der Waals surface area contributed by atoms with E-state index in [9.17, 15) is 5.11 Å². The molecule has 0 amide bonds. The van der Waals surface area contributed by atoms with E-state index in [1.165, 1.54) is 0 Å². The number of anilines is 1. The molecule has 2 N–H and O–H groups in total. The van der Waals surface area contributed by atoms with Crippen LogP contribution in [0.25, 0.3) is 17.3 Å². The van der Waals surface area contributed by atoms with Gasteiger partial charge in [0.25, 0.3) is 0 Å². The molecule has 0 radical (unpaired) electrons. The Morgan fingerprint density at radius 2 is 1.97 bits per heavy atom. The first-order chi connectivity index (χ1) is 14.5.